The second-order valence-electron chi connectivity index (χ2n) is 8.60. The van der Waals surface area contributed by atoms with Gasteiger partial charge in [0.25, 0.3) is 0 Å². The van der Waals surface area contributed by atoms with E-state index in [1.165, 1.54) is 28.2 Å². The summed E-state index contributed by atoms with van der Waals surface area (Å²) in [7, 11) is 3.68. The molecule has 176 valence electrons. The van der Waals surface area contributed by atoms with Crippen LogP contribution in [0.2, 0.25) is 0 Å². The van der Waals surface area contributed by atoms with E-state index in [0.717, 1.165) is 31.6 Å². The minimum atomic E-state index is -0.694. The lowest BCUT2D eigenvalue weighted by molar-refractivity contribution is -0.119. The van der Waals surface area contributed by atoms with Crippen molar-refractivity contribution in [3.8, 4) is 0 Å². The molecule has 0 aromatic heterocycles. The molecule has 7 nitrogen and oxygen atoms in total. The van der Waals surface area contributed by atoms with Gasteiger partial charge in [0, 0.05) is 44.5 Å². The van der Waals surface area contributed by atoms with Crippen LogP contribution in [0.4, 0.5) is 20.6 Å². The van der Waals surface area contributed by atoms with E-state index in [1.807, 2.05) is 12.1 Å². The van der Waals surface area contributed by atoms with Crippen LogP contribution in [-0.4, -0.2) is 67.7 Å². The van der Waals surface area contributed by atoms with E-state index in [2.05, 4.69) is 44.6 Å². The fraction of sp³-hybridized carbons (Fsp3) is 0.417. The van der Waals surface area contributed by atoms with Gasteiger partial charge < -0.3 is 25.2 Å². The molecule has 2 heterocycles. The largest absolute Gasteiger partial charge is 0.380 e. The van der Waals surface area contributed by atoms with Crippen LogP contribution in [0, 0.1) is 5.82 Å². The van der Waals surface area contributed by atoms with Crippen LogP contribution in [0.25, 0.3) is 0 Å². The van der Waals surface area contributed by atoms with Gasteiger partial charge in [0.15, 0.2) is 0 Å². The third-order valence-corrected chi connectivity index (χ3v) is 6.97. The standard InChI is InChI=1S/C24H28BrFN4O3/c1-29-9-7-15-3-4-17(11-16(15)8-10-29)27-23(31)22-13-19(33-2)14-30(22)24(32)28-18-5-6-20(25)21(26)12-18/h3-6,11-12,19,22H,7-10,13-14H2,1-2H3,(H,27,31)(H,28,32)/t19?,22-/m1/s1. The molecule has 4 rings (SSSR count). The van der Waals surface area contributed by atoms with Crippen molar-refractivity contribution in [1.29, 1.82) is 0 Å². The number of fused-ring (bicyclic) bond motifs is 1. The van der Waals surface area contributed by atoms with E-state index in [1.54, 1.807) is 13.2 Å². The molecule has 1 saturated heterocycles. The van der Waals surface area contributed by atoms with Gasteiger partial charge in [0.2, 0.25) is 5.91 Å². The molecule has 0 aliphatic carbocycles. The van der Waals surface area contributed by atoms with Gasteiger partial charge in [-0.1, -0.05) is 6.07 Å². The molecule has 3 amide bonds. The molecule has 2 aliphatic rings. The molecule has 2 N–H and O–H groups in total. The average Bonchev–Trinajstić information content (AvgIpc) is 3.16. The first-order valence-corrected chi connectivity index (χ1v) is 11.8. The van der Waals surface area contributed by atoms with E-state index in [0.29, 0.717) is 16.6 Å². The second-order valence-corrected chi connectivity index (χ2v) is 9.45. The molecular weight excluding hydrogens is 491 g/mol. The molecule has 2 aromatic rings. The number of benzene rings is 2. The maximum absolute atomic E-state index is 13.8. The molecule has 0 spiro atoms. The van der Waals surface area contributed by atoms with Crippen molar-refractivity contribution in [3.05, 3.63) is 57.8 Å². The molecule has 1 unspecified atom stereocenters. The van der Waals surface area contributed by atoms with E-state index in [4.69, 9.17) is 4.74 Å². The lowest BCUT2D eigenvalue weighted by Gasteiger charge is -2.24. The van der Waals surface area contributed by atoms with Crippen LogP contribution in [0.1, 0.15) is 17.5 Å². The number of nitrogens with zero attached hydrogens (tertiary/aromatic N) is 2. The maximum Gasteiger partial charge on any atom is 0.322 e. The quantitative estimate of drug-likeness (QED) is 0.644. The number of urea groups is 1. The SMILES string of the molecule is COC1C[C@H](C(=O)Nc2ccc3c(c2)CCN(C)CC3)N(C(=O)Nc2ccc(Br)c(F)c2)C1. The first-order valence-electron chi connectivity index (χ1n) is 11.0. The van der Waals surface area contributed by atoms with Crippen molar-refractivity contribution in [2.75, 3.05) is 44.4 Å². The number of amides is 3. The fourth-order valence-electron chi connectivity index (χ4n) is 4.35. The highest BCUT2D eigenvalue weighted by Crippen LogP contribution is 2.26. The third-order valence-electron chi connectivity index (χ3n) is 6.33. The average molecular weight is 519 g/mol. The normalized spacial score (nSPS) is 20.8. The van der Waals surface area contributed by atoms with E-state index >= 15 is 0 Å². The summed E-state index contributed by atoms with van der Waals surface area (Å²) in [5.74, 6) is -0.745. The molecule has 0 saturated carbocycles. The predicted octanol–water partition coefficient (Wildman–Crippen LogP) is 3.88. The van der Waals surface area contributed by atoms with Gasteiger partial charge in [-0.05, 0) is 77.3 Å². The van der Waals surface area contributed by atoms with Crippen LogP contribution in [0.15, 0.2) is 40.9 Å². The Balaban J connectivity index is 1.47. The zero-order valence-electron chi connectivity index (χ0n) is 18.7. The molecule has 2 aromatic carbocycles. The van der Waals surface area contributed by atoms with Gasteiger partial charge in [0.05, 0.1) is 10.6 Å². The third kappa shape index (κ3) is 5.54. The molecule has 2 atom stereocenters. The van der Waals surface area contributed by atoms with Gasteiger partial charge in [-0.25, -0.2) is 9.18 Å². The molecule has 33 heavy (non-hydrogen) atoms. The summed E-state index contributed by atoms with van der Waals surface area (Å²) in [6.45, 7) is 2.27. The number of methoxy groups -OCH3 is 1. The Morgan fingerprint density at radius 3 is 2.48 bits per heavy atom. The summed E-state index contributed by atoms with van der Waals surface area (Å²) in [6, 6.07) is 9.20. The number of likely N-dealkylation sites (N-methyl/N-ethyl adjacent to an activating group) is 1. The van der Waals surface area contributed by atoms with Crippen molar-refractivity contribution in [2.45, 2.75) is 31.4 Å². The minimum absolute atomic E-state index is 0.254. The summed E-state index contributed by atoms with van der Waals surface area (Å²) in [4.78, 5) is 29.9. The number of nitrogens with one attached hydrogen (secondary N) is 2. The minimum Gasteiger partial charge on any atom is -0.380 e. The highest BCUT2D eigenvalue weighted by atomic mass is 79.9. The topological polar surface area (TPSA) is 73.9 Å². The molecule has 0 radical (unpaired) electrons. The van der Waals surface area contributed by atoms with Crippen molar-refractivity contribution in [3.63, 3.8) is 0 Å². The molecule has 0 bridgehead atoms. The lowest BCUT2D eigenvalue weighted by Crippen LogP contribution is -2.45. The number of ether oxygens (including phenoxy) is 1. The monoisotopic (exact) mass is 518 g/mol. The molecular formula is C24H28BrFN4O3. The second kappa shape index (κ2) is 10.2. The van der Waals surface area contributed by atoms with Crippen molar-refractivity contribution >= 4 is 39.2 Å². The maximum atomic E-state index is 13.8. The molecule has 9 heteroatoms. The number of rotatable bonds is 4. The number of carbonyl (C=O) groups is 2. The number of hydrogen-bond donors (Lipinski definition) is 2. The Kier molecular flexibility index (Phi) is 7.31. The summed E-state index contributed by atoms with van der Waals surface area (Å²) < 4.78 is 19.6. The van der Waals surface area contributed by atoms with Gasteiger partial charge in [0.1, 0.15) is 11.9 Å². The van der Waals surface area contributed by atoms with Crippen LogP contribution in [0.3, 0.4) is 0 Å². The first kappa shape index (κ1) is 23.7. The van der Waals surface area contributed by atoms with Crippen LogP contribution in [-0.2, 0) is 22.4 Å². The number of anilines is 2. The Morgan fingerprint density at radius 1 is 1.06 bits per heavy atom. The van der Waals surface area contributed by atoms with E-state index in [-0.39, 0.29) is 18.6 Å². The highest BCUT2D eigenvalue weighted by Gasteiger charge is 2.40. The summed E-state index contributed by atoms with van der Waals surface area (Å²) in [5.41, 5.74) is 3.58. The first-order chi connectivity index (χ1) is 15.8. The smallest absolute Gasteiger partial charge is 0.322 e. The Morgan fingerprint density at radius 2 is 1.76 bits per heavy atom. The fourth-order valence-corrected chi connectivity index (χ4v) is 4.60. The molecule has 1 fully saturated rings. The summed E-state index contributed by atoms with van der Waals surface area (Å²) in [5, 5.41) is 5.66. The lowest BCUT2D eigenvalue weighted by atomic mass is 10.0. The Labute approximate surface area is 201 Å². The highest BCUT2D eigenvalue weighted by molar-refractivity contribution is 9.10. The number of halogens is 2. The zero-order chi connectivity index (χ0) is 23.5. The van der Waals surface area contributed by atoms with Gasteiger partial charge >= 0.3 is 6.03 Å². The predicted molar refractivity (Wildman–Crippen MR) is 129 cm³/mol. The van der Waals surface area contributed by atoms with Crippen LogP contribution < -0.4 is 10.6 Å². The van der Waals surface area contributed by atoms with E-state index < -0.39 is 17.9 Å². The van der Waals surface area contributed by atoms with Gasteiger partial charge in [-0.2, -0.15) is 0 Å². The van der Waals surface area contributed by atoms with Gasteiger partial charge in [-0.15, -0.1) is 0 Å². The number of likely N-dealkylation sites (tertiary alicyclic amines) is 1. The summed E-state index contributed by atoms with van der Waals surface area (Å²) in [6.07, 6.45) is 2.06. The van der Waals surface area contributed by atoms with Crippen molar-refractivity contribution < 1.29 is 18.7 Å². The number of hydrogen-bond acceptors (Lipinski definition) is 4. The molecule has 2 aliphatic heterocycles. The summed E-state index contributed by atoms with van der Waals surface area (Å²) >= 11 is 3.10. The van der Waals surface area contributed by atoms with Crippen LogP contribution in [0.5, 0.6) is 0 Å². The van der Waals surface area contributed by atoms with Crippen molar-refractivity contribution in [1.82, 2.24) is 9.80 Å². The van der Waals surface area contributed by atoms with E-state index in [9.17, 15) is 14.0 Å². The Bertz CT molecular complexity index is 1050. The zero-order valence-corrected chi connectivity index (χ0v) is 20.3. The number of carbonyl (C=O) groups excluding carboxylic acids is 2. The van der Waals surface area contributed by atoms with Crippen molar-refractivity contribution in [2.24, 2.45) is 0 Å². The van der Waals surface area contributed by atoms with Crippen LogP contribution >= 0.6 is 15.9 Å². The Hall–Kier alpha value is -2.49. The van der Waals surface area contributed by atoms with Gasteiger partial charge in [-0.3, -0.25) is 4.79 Å².